The number of carbonyl (C=O) groups is 1. The second-order valence-electron chi connectivity index (χ2n) is 4.51. The Bertz CT molecular complexity index is 423. The van der Waals surface area contributed by atoms with Crippen LogP contribution in [0.3, 0.4) is 0 Å². The van der Waals surface area contributed by atoms with E-state index >= 15 is 0 Å². The Morgan fingerprint density at radius 3 is 2.84 bits per heavy atom. The van der Waals surface area contributed by atoms with Gasteiger partial charge in [0.05, 0.1) is 12.2 Å². The quantitative estimate of drug-likeness (QED) is 0.783. The average Bonchev–Trinajstić information content (AvgIpc) is 2.40. The molecule has 0 aliphatic heterocycles. The summed E-state index contributed by atoms with van der Waals surface area (Å²) in [6.07, 6.45) is 5.85. The number of carboxylic acid groups (broad SMARTS) is 1. The van der Waals surface area contributed by atoms with Gasteiger partial charge in [-0.1, -0.05) is 44.7 Å². The number of carboxylic acids is 1. The second kappa shape index (κ2) is 8.00. The fourth-order valence-electron chi connectivity index (χ4n) is 1.79. The highest BCUT2D eigenvalue weighted by molar-refractivity contribution is 6.34. The molecule has 0 spiro atoms. The molecule has 0 amide bonds. The Hall–Kier alpha value is -1.29. The molecule has 0 radical (unpaired) electrons. The minimum Gasteiger partial charge on any atom is -0.478 e. The lowest BCUT2D eigenvalue weighted by atomic mass is 10.0. The minimum atomic E-state index is -1.07. The Balaban J connectivity index is 2.66. The number of nitrogens with zero attached hydrogens (tertiary/aromatic N) is 1. The van der Waals surface area contributed by atoms with Gasteiger partial charge in [-0.3, -0.25) is 0 Å². The highest BCUT2D eigenvalue weighted by atomic mass is 35.5. The van der Waals surface area contributed by atoms with E-state index in [1.165, 1.54) is 12.3 Å². The summed E-state index contributed by atoms with van der Waals surface area (Å²) in [5.41, 5.74) is 0.0215. The lowest BCUT2D eigenvalue weighted by Gasteiger charge is -2.15. The van der Waals surface area contributed by atoms with Crippen molar-refractivity contribution in [3.05, 3.63) is 22.8 Å². The van der Waals surface area contributed by atoms with Gasteiger partial charge in [0.2, 0.25) is 5.88 Å². The van der Waals surface area contributed by atoms with Crippen molar-refractivity contribution in [2.75, 3.05) is 6.61 Å². The van der Waals surface area contributed by atoms with Gasteiger partial charge in [0.15, 0.2) is 0 Å². The lowest BCUT2D eigenvalue weighted by molar-refractivity contribution is 0.0696. The van der Waals surface area contributed by atoms with Crippen LogP contribution < -0.4 is 4.74 Å². The van der Waals surface area contributed by atoms with Gasteiger partial charge in [-0.15, -0.1) is 0 Å². The van der Waals surface area contributed by atoms with E-state index < -0.39 is 5.97 Å². The number of hydrogen-bond acceptors (Lipinski definition) is 3. The van der Waals surface area contributed by atoms with Gasteiger partial charge < -0.3 is 9.84 Å². The predicted molar refractivity (Wildman–Crippen MR) is 75.0 cm³/mol. The van der Waals surface area contributed by atoms with E-state index in [1.807, 2.05) is 0 Å². The molecule has 0 aliphatic carbocycles. The summed E-state index contributed by atoms with van der Waals surface area (Å²) in [6.45, 7) is 4.79. The molecule has 0 bridgehead atoms. The van der Waals surface area contributed by atoms with Crippen molar-refractivity contribution in [3.63, 3.8) is 0 Å². The monoisotopic (exact) mass is 285 g/mol. The number of ether oxygens (including phenoxy) is 1. The van der Waals surface area contributed by atoms with Crippen LogP contribution in [0, 0.1) is 5.92 Å². The fraction of sp³-hybridized carbons (Fsp3) is 0.571. The van der Waals surface area contributed by atoms with Gasteiger partial charge in [-0.05, 0) is 18.4 Å². The molecule has 1 aromatic heterocycles. The van der Waals surface area contributed by atoms with Crippen molar-refractivity contribution < 1.29 is 14.6 Å². The fourth-order valence-corrected chi connectivity index (χ4v) is 2.03. The Labute approximate surface area is 118 Å². The van der Waals surface area contributed by atoms with Gasteiger partial charge in [-0.2, -0.15) is 0 Å². The van der Waals surface area contributed by atoms with Gasteiger partial charge in [-0.25, -0.2) is 9.78 Å². The summed E-state index contributed by atoms with van der Waals surface area (Å²) in [4.78, 5) is 14.9. The third-order valence-corrected chi connectivity index (χ3v) is 3.45. The Kier molecular flexibility index (Phi) is 6.64. The summed E-state index contributed by atoms with van der Waals surface area (Å²) in [7, 11) is 0. The van der Waals surface area contributed by atoms with Crippen LogP contribution >= 0.6 is 11.6 Å². The summed E-state index contributed by atoms with van der Waals surface area (Å²) in [5.74, 6) is -0.418. The van der Waals surface area contributed by atoms with Crippen molar-refractivity contribution in [1.82, 2.24) is 4.98 Å². The molecule has 4 nitrogen and oxygen atoms in total. The maximum absolute atomic E-state index is 10.9. The molecule has 1 heterocycles. The van der Waals surface area contributed by atoms with E-state index in [2.05, 4.69) is 18.8 Å². The number of pyridine rings is 1. The highest BCUT2D eigenvalue weighted by Gasteiger charge is 2.15. The first-order valence-corrected chi connectivity index (χ1v) is 6.98. The molecule has 106 valence electrons. The van der Waals surface area contributed by atoms with Gasteiger partial charge >= 0.3 is 5.97 Å². The van der Waals surface area contributed by atoms with E-state index in [0.717, 1.165) is 25.7 Å². The largest absolute Gasteiger partial charge is 0.478 e. The van der Waals surface area contributed by atoms with Crippen molar-refractivity contribution >= 4 is 17.6 Å². The number of hydrogen-bond donors (Lipinski definition) is 1. The van der Waals surface area contributed by atoms with E-state index in [9.17, 15) is 4.79 Å². The van der Waals surface area contributed by atoms with Crippen LogP contribution in [0.1, 0.15) is 49.9 Å². The molecule has 1 rings (SSSR count). The first kappa shape index (κ1) is 15.8. The molecule has 1 aromatic rings. The maximum Gasteiger partial charge on any atom is 0.337 e. The van der Waals surface area contributed by atoms with Crippen LogP contribution in [0.15, 0.2) is 12.3 Å². The summed E-state index contributed by atoms with van der Waals surface area (Å²) in [5, 5.41) is 9.03. The minimum absolute atomic E-state index is 0.0215. The Morgan fingerprint density at radius 1 is 1.53 bits per heavy atom. The molecular weight excluding hydrogens is 266 g/mol. The van der Waals surface area contributed by atoms with Crippen molar-refractivity contribution in [2.45, 2.75) is 39.5 Å². The third kappa shape index (κ3) is 4.71. The zero-order valence-electron chi connectivity index (χ0n) is 11.4. The van der Waals surface area contributed by atoms with Gasteiger partial charge in [0, 0.05) is 6.20 Å². The normalized spacial score (nSPS) is 12.2. The molecule has 0 saturated carbocycles. The number of aromatic nitrogens is 1. The van der Waals surface area contributed by atoms with Crippen molar-refractivity contribution in [2.24, 2.45) is 5.92 Å². The van der Waals surface area contributed by atoms with Crippen LogP contribution in [-0.4, -0.2) is 22.7 Å². The topological polar surface area (TPSA) is 59.4 Å². The van der Waals surface area contributed by atoms with Crippen LogP contribution in [0.2, 0.25) is 5.02 Å². The number of rotatable bonds is 8. The molecule has 1 atom stereocenters. The zero-order valence-corrected chi connectivity index (χ0v) is 12.1. The molecule has 0 aliphatic rings. The molecule has 1 N–H and O–H groups in total. The highest BCUT2D eigenvalue weighted by Crippen LogP contribution is 2.26. The zero-order chi connectivity index (χ0) is 14.3. The summed E-state index contributed by atoms with van der Waals surface area (Å²) >= 11 is 5.97. The molecule has 5 heteroatoms. The first-order chi connectivity index (χ1) is 9.10. The first-order valence-electron chi connectivity index (χ1n) is 6.60. The van der Waals surface area contributed by atoms with Gasteiger partial charge in [0.25, 0.3) is 0 Å². The molecular formula is C14H20ClNO3. The van der Waals surface area contributed by atoms with Crippen LogP contribution in [0.5, 0.6) is 5.88 Å². The number of aromatic carboxylic acids is 1. The Morgan fingerprint density at radius 2 is 2.26 bits per heavy atom. The molecule has 0 saturated heterocycles. The predicted octanol–water partition coefficient (Wildman–Crippen LogP) is 4.03. The maximum atomic E-state index is 10.9. The summed E-state index contributed by atoms with van der Waals surface area (Å²) < 4.78 is 5.57. The summed E-state index contributed by atoms with van der Waals surface area (Å²) in [6, 6.07) is 1.37. The van der Waals surface area contributed by atoms with Crippen LogP contribution in [-0.2, 0) is 0 Å². The van der Waals surface area contributed by atoms with E-state index in [-0.39, 0.29) is 16.5 Å². The standard InChI is InChI=1S/C14H20ClNO3/c1-3-5-6-10(4-2)9-19-13-12(15)11(14(17)18)7-8-16-13/h7-8,10H,3-6,9H2,1-2H3,(H,17,18). The van der Waals surface area contributed by atoms with Crippen LogP contribution in [0.4, 0.5) is 0 Å². The van der Waals surface area contributed by atoms with E-state index in [0.29, 0.717) is 12.5 Å². The van der Waals surface area contributed by atoms with E-state index in [4.69, 9.17) is 21.4 Å². The smallest absolute Gasteiger partial charge is 0.337 e. The van der Waals surface area contributed by atoms with Crippen molar-refractivity contribution in [3.8, 4) is 5.88 Å². The molecule has 1 unspecified atom stereocenters. The average molecular weight is 286 g/mol. The molecule has 19 heavy (non-hydrogen) atoms. The molecule has 0 fully saturated rings. The number of halogens is 1. The SMILES string of the molecule is CCCCC(CC)COc1nccc(C(=O)O)c1Cl. The van der Waals surface area contributed by atoms with Crippen LogP contribution in [0.25, 0.3) is 0 Å². The number of unbranched alkanes of at least 4 members (excludes halogenated alkanes) is 1. The van der Waals surface area contributed by atoms with Gasteiger partial charge in [0.1, 0.15) is 5.02 Å². The van der Waals surface area contributed by atoms with E-state index in [1.54, 1.807) is 0 Å². The van der Waals surface area contributed by atoms with Crippen molar-refractivity contribution in [1.29, 1.82) is 0 Å². The molecule has 0 aromatic carbocycles. The second-order valence-corrected chi connectivity index (χ2v) is 4.89. The lowest BCUT2D eigenvalue weighted by Crippen LogP contribution is -2.12. The third-order valence-electron chi connectivity index (χ3n) is 3.09.